The Morgan fingerprint density at radius 1 is 1.23 bits per heavy atom. The molecule has 1 atom stereocenters. The molecule has 120 valence electrons. The van der Waals surface area contributed by atoms with Crippen LogP contribution in [0.25, 0.3) is 0 Å². The first-order chi connectivity index (χ1) is 10.6. The van der Waals surface area contributed by atoms with E-state index in [1.54, 1.807) is 0 Å². The van der Waals surface area contributed by atoms with Gasteiger partial charge in [0.2, 0.25) is 11.8 Å². The summed E-state index contributed by atoms with van der Waals surface area (Å²) < 4.78 is 5.36. The fourth-order valence-electron chi connectivity index (χ4n) is 2.41. The first kappa shape index (κ1) is 16.5. The summed E-state index contributed by atoms with van der Waals surface area (Å²) in [5.74, 6) is -0.392. The number of ether oxygens (including phenoxy) is 1. The van der Waals surface area contributed by atoms with E-state index in [2.05, 4.69) is 15.5 Å². The zero-order valence-electron chi connectivity index (χ0n) is 12.9. The minimum Gasteiger partial charge on any atom is -0.379 e. The van der Waals surface area contributed by atoms with Crippen LogP contribution < -0.4 is 10.6 Å². The Morgan fingerprint density at radius 2 is 1.91 bits per heavy atom. The monoisotopic (exact) mass is 305 g/mol. The van der Waals surface area contributed by atoms with Gasteiger partial charge in [0.15, 0.2) is 0 Å². The molecule has 2 rings (SSSR count). The van der Waals surface area contributed by atoms with Crippen LogP contribution >= 0.6 is 0 Å². The highest BCUT2D eigenvalue weighted by atomic mass is 16.5. The topological polar surface area (TPSA) is 70.7 Å². The van der Waals surface area contributed by atoms with Crippen molar-refractivity contribution in [2.45, 2.75) is 13.0 Å². The summed E-state index contributed by atoms with van der Waals surface area (Å²) in [6.07, 6.45) is 0. The number of hydrogen-bond acceptors (Lipinski definition) is 4. The molecule has 1 aliphatic heterocycles. The molecular formula is C16H23N3O3. The minimum absolute atomic E-state index is 0.00176. The second kappa shape index (κ2) is 8.51. The maximum Gasteiger partial charge on any atom is 0.239 e. The van der Waals surface area contributed by atoms with E-state index in [-0.39, 0.29) is 24.4 Å². The van der Waals surface area contributed by atoms with Gasteiger partial charge in [0.1, 0.15) is 0 Å². The number of carbonyl (C=O) groups is 2. The lowest BCUT2D eigenvalue weighted by Gasteiger charge is -2.31. The largest absolute Gasteiger partial charge is 0.379 e. The maximum absolute atomic E-state index is 12.0. The molecule has 2 N–H and O–H groups in total. The van der Waals surface area contributed by atoms with Crippen LogP contribution in [0.5, 0.6) is 0 Å². The lowest BCUT2D eigenvalue weighted by Crippen LogP contribution is -2.45. The number of nitrogens with one attached hydrogen (secondary N) is 2. The maximum atomic E-state index is 12.0. The van der Waals surface area contributed by atoms with Gasteiger partial charge in [0.05, 0.1) is 25.8 Å². The molecule has 1 saturated heterocycles. The molecule has 0 radical (unpaired) electrons. The summed E-state index contributed by atoms with van der Waals surface area (Å²) in [5.41, 5.74) is 1.06. The van der Waals surface area contributed by atoms with E-state index >= 15 is 0 Å². The number of amides is 2. The van der Waals surface area contributed by atoms with E-state index in [0.29, 0.717) is 0 Å². The van der Waals surface area contributed by atoms with Gasteiger partial charge >= 0.3 is 0 Å². The number of carbonyl (C=O) groups excluding carboxylic acids is 2. The molecule has 1 unspecified atom stereocenters. The van der Waals surface area contributed by atoms with Crippen LogP contribution in [0.15, 0.2) is 30.3 Å². The van der Waals surface area contributed by atoms with Crippen LogP contribution in [0.2, 0.25) is 0 Å². The van der Waals surface area contributed by atoms with E-state index in [1.807, 2.05) is 30.3 Å². The molecule has 22 heavy (non-hydrogen) atoms. The lowest BCUT2D eigenvalue weighted by molar-refractivity contribution is -0.125. The quantitative estimate of drug-likeness (QED) is 0.794. The van der Waals surface area contributed by atoms with Crippen molar-refractivity contribution in [1.29, 1.82) is 0 Å². The Balaban J connectivity index is 1.98. The van der Waals surface area contributed by atoms with Crippen LogP contribution in [0, 0.1) is 0 Å². The van der Waals surface area contributed by atoms with Crippen molar-refractivity contribution in [3.8, 4) is 0 Å². The van der Waals surface area contributed by atoms with Gasteiger partial charge in [-0.15, -0.1) is 0 Å². The van der Waals surface area contributed by atoms with E-state index in [4.69, 9.17) is 4.74 Å². The first-order valence-electron chi connectivity index (χ1n) is 7.54. The number of nitrogens with zero attached hydrogens (tertiary/aromatic N) is 1. The molecule has 6 nitrogen and oxygen atoms in total. The molecule has 1 aromatic carbocycles. The summed E-state index contributed by atoms with van der Waals surface area (Å²) in [6.45, 7) is 5.31. The van der Waals surface area contributed by atoms with Gasteiger partial charge < -0.3 is 15.4 Å². The Hall–Kier alpha value is -1.92. The molecule has 0 spiro atoms. The number of morpholine rings is 1. The fraction of sp³-hybridized carbons (Fsp3) is 0.500. The van der Waals surface area contributed by atoms with Gasteiger partial charge in [-0.1, -0.05) is 30.3 Å². The van der Waals surface area contributed by atoms with Crippen molar-refractivity contribution >= 4 is 11.8 Å². The molecule has 0 aliphatic carbocycles. The average molecular weight is 305 g/mol. The zero-order valence-corrected chi connectivity index (χ0v) is 12.9. The standard InChI is InChI=1S/C16H23N3O3/c1-13(20)17-11-16(21)18-15(14-5-3-2-4-6-14)12-19-7-9-22-10-8-19/h2-6,15H,7-12H2,1H3,(H,17,20)(H,18,21). The van der Waals surface area contributed by atoms with Gasteiger partial charge in [-0.2, -0.15) is 0 Å². The zero-order chi connectivity index (χ0) is 15.8. The molecular weight excluding hydrogens is 282 g/mol. The molecule has 1 aromatic rings. The molecule has 1 fully saturated rings. The molecule has 1 heterocycles. The summed E-state index contributed by atoms with van der Waals surface area (Å²) in [4.78, 5) is 25.2. The van der Waals surface area contributed by atoms with Gasteiger partial charge in [-0.25, -0.2) is 0 Å². The number of rotatable bonds is 6. The highest BCUT2D eigenvalue weighted by molar-refractivity contribution is 5.83. The van der Waals surface area contributed by atoms with Gasteiger partial charge in [0.25, 0.3) is 0 Å². The third-order valence-corrected chi connectivity index (χ3v) is 3.58. The van der Waals surface area contributed by atoms with E-state index in [9.17, 15) is 9.59 Å². The highest BCUT2D eigenvalue weighted by Crippen LogP contribution is 2.15. The molecule has 2 amide bonds. The van der Waals surface area contributed by atoms with Crippen molar-refractivity contribution in [3.63, 3.8) is 0 Å². The predicted molar refractivity (Wildman–Crippen MR) is 83.3 cm³/mol. The normalized spacial score (nSPS) is 16.8. The summed E-state index contributed by atoms with van der Waals surface area (Å²) in [6, 6.07) is 9.78. The van der Waals surface area contributed by atoms with Crippen LogP contribution in [0.3, 0.4) is 0 Å². The van der Waals surface area contributed by atoms with Gasteiger partial charge in [0, 0.05) is 26.6 Å². The predicted octanol–water partition coefficient (Wildman–Crippen LogP) is 0.312. The summed E-state index contributed by atoms with van der Waals surface area (Å²) in [5, 5.41) is 5.52. The van der Waals surface area contributed by atoms with Crippen LogP contribution in [0.4, 0.5) is 0 Å². The van der Waals surface area contributed by atoms with Crippen molar-refractivity contribution in [3.05, 3.63) is 35.9 Å². The summed E-state index contributed by atoms with van der Waals surface area (Å²) in [7, 11) is 0. The lowest BCUT2D eigenvalue weighted by atomic mass is 10.1. The third kappa shape index (κ3) is 5.46. The van der Waals surface area contributed by atoms with Crippen molar-refractivity contribution in [1.82, 2.24) is 15.5 Å². The molecule has 0 aromatic heterocycles. The van der Waals surface area contributed by atoms with Crippen molar-refractivity contribution in [2.75, 3.05) is 39.4 Å². The Labute approximate surface area is 130 Å². The minimum atomic E-state index is -0.209. The van der Waals surface area contributed by atoms with E-state index in [0.717, 1.165) is 38.4 Å². The number of benzene rings is 1. The van der Waals surface area contributed by atoms with Crippen LogP contribution in [-0.4, -0.2) is 56.1 Å². The van der Waals surface area contributed by atoms with Crippen LogP contribution in [0.1, 0.15) is 18.5 Å². The SMILES string of the molecule is CC(=O)NCC(=O)NC(CN1CCOCC1)c1ccccc1. The average Bonchev–Trinajstić information content (AvgIpc) is 2.54. The van der Waals surface area contributed by atoms with E-state index < -0.39 is 0 Å². The van der Waals surface area contributed by atoms with Crippen LogP contribution in [-0.2, 0) is 14.3 Å². The number of hydrogen-bond donors (Lipinski definition) is 2. The highest BCUT2D eigenvalue weighted by Gasteiger charge is 2.20. The fourth-order valence-corrected chi connectivity index (χ4v) is 2.41. The Bertz CT molecular complexity index is 487. The Kier molecular flexibility index (Phi) is 6.36. The third-order valence-electron chi connectivity index (χ3n) is 3.58. The first-order valence-corrected chi connectivity index (χ1v) is 7.54. The van der Waals surface area contributed by atoms with Crippen molar-refractivity contribution in [2.24, 2.45) is 0 Å². The second-order valence-corrected chi connectivity index (χ2v) is 5.35. The molecule has 6 heteroatoms. The Morgan fingerprint density at radius 3 is 2.55 bits per heavy atom. The van der Waals surface area contributed by atoms with Crippen molar-refractivity contribution < 1.29 is 14.3 Å². The second-order valence-electron chi connectivity index (χ2n) is 5.35. The molecule has 1 aliphatic rings. The summed E-state index contributed by atoms with van der Waals surface area (Å²) >= 11 is 0. The molecule has 0 bridgehead atoms. The molecule has 0 saturated carbocycles. The smallest absolute Gasteiger partial charge is 0.239 e. The van der Waals surface area contributed by atoms with E-state index in [1.165, 1.54) is 6.92 Å². The van der Waals surface area contributed by atoms with Gasteiger partial charge in [-0.3, -0.25) is 14.5 Å². The van der Waals surface area contributed by atoms with Gasteiger partial charge in [-0.05, 0) is 5.56 Å².